The third-order valence-corrected chi connectivity index (χ3v) is 4.92. The quantitative estimate of drug-likeness (QED) is 0.426. The summed E-state index contributed by atoms with van der Waals surface area (Å²) < 4.78 is 7.89. The van der Waals surface area contributed by atoms with Gasteiger partial charge in [0.25, 0.3) is 0 Å². The molecule has 0 radical (unpaired) electrons. The Labute approximate surface area is 163 Å². The summed E-state index contributed by atoms with van der Waals surface area (Å²) in [7, 11) is 0. The summed E-state index contributed by atoms with van der Waals surface area (Å²) in [5, 5.41) is 1.19. The number of rotatable bonds is 4. The number of hydrogen-bond acceptors (Lipinski definition) is 2. The molecule has 0 aliphatic rings. The van der Waals surface area contributed by atoms with E-state index in [1.54, 1.807) is 0 Å². The van der Waals surface area contributed by atoms with Crippen LogP contribution in [0.25, 0.3) is 38.8 Å². The van der Waals surface area contributed by atoms with E-state index < -0.39 is 0 Å². The van der Waals surface area contributed by atoms with Crippen molar-refractivity contribution in [3.05, 3.63) is 79.3 Å². The van der Waals surface area contributed by atoms with E-state index in [1.807, 2.05) is 38.5 Å². The van der Waals surface area contributed by atoms with Crippen molar-refractivity contribution >= 4 is 21.9 Å². The fourth-order valence-electron chi connectivity index (χ4n) is 3.58. The van der Waals surface area contributed by atoms with Crippen molar-refractivity contribution in [2.24, 2.45) is 0 Å². The molecule has 0 unspecified atom stereocenters. The Morgan fingerprint density at radius 2 is 1.71 bits per heavy atom. The van der Waals surface area contributed by atoms with Crippen molar-refractivity contribution in [3.8, 4) is 22.6 Å². The zero-order valence-corrected chi connectivity index (χ0v) is 15.9. The Balaban J connectivity index is 1.56. The highest BCUT2D eigenvalue weighted by Crippen LogP contribution is 2.28. The van der Waals surface area contributed by atoms with Crippen LogP contribution in [0.15, 0.2) is 79.3 Å². The molecule has 3 aromatic carbocycles. The zero-order valence-electron chi connectivity index (χ0n) is 15.9. The van der Waals surface area contributed by atoms with Crippen molar-refractivity contribution in [2.75, 3.05) is 0 Å². The van der Waals surface area contributed by atoms with Gasteiger partial charge in [0.1, 0.15) is 12.1 Å². The summed E-state index contributed by atoms with van der Waals surface area (Å²) in [5.41, 5.74) is 6.64. The predicted molar refractivity (Wildman–Crippen MR) is 114 cm³/mol. The van der Waals surface area contributed by atoms with E-state index in [0.29, 0.717) is 0 Å². The Hall–Kier alpha value is -3.53. The van der Waals surface area contributed by atoms with Crippen molar-refractivity contribution in [1.29, 1.82) is 0 Å². The van der Waals surface area contributed by atoms with Crippen molar-refractivity contribution in [3.63, 3.8) is 0 Å². The monoisotopic (exact) mass is 367 g/mol. The molecule has 4 heteroatoms. The Bertz CT molecular complexity index is 1260. The minimum atomic E-state index is 0.175. The average molecular weight is 367 g/mol. The van der Waals surface area contributed by atoms with Crippen molar-refractivity contribution in [2.45, 2.75) is 20.0 Å². The maximum atomic E-state index is 5.75. The molecule has 0 fully saturated rings. The van der Waals surface area contributed by atoms with E-state index in [4.69, 9.17) is 4.74 Å². The molecule has 5 aromatic rings. The van der Waals surface area contributed by atoms with Crippen LogP contribution in [0.2, 0.25) is 0 Å². The number of nitrogens with zero attached hydrogens (tertiary/aromatic N) is 2. The van der Waals surface area contributed by atoms with Crippen LogP contribution in [-0.4, -0.2) is 20.6 Å². The summed E-state index contributed by atoms with van der Waals surface area (Å²) in [6.45, 7) is 4.07. The normalized spacial score (nSPS) is 11.5. The van der Waals surface area contributed by atoms with Gasteiger partial charge in [-0.2, -0.15) is 0 Å². The Morgan fingerprint density at radius 1 is 0.893 bits per heavy atom. The molecule has 0 aliphatic carbocycles. The molecule has 5 rings (SSSR count). The number of hydrogen-bond donors (Lipinski definition) is 1. The third-order valence-electron chi connectivity index (χ3n) is 4.92. The molecule has 0 spiro atoms. The molecule has 138 valence electrons. The highest BCUT2D eigenvalue weighted by atomic mass is 16.5. The van der Waals surface area contributed by atoms with Crippen LogP contribution >= 0.6 is 0 Å². The molecule has 0 aliphatic heterocycles. The van der Waals surface area contributed by atoms with E-state index in [-0.39, 0.29) is 6.10 Å². The first kappa shape index (κ1) is 16.6. The molecule has 1 N–H and O–H groups in total. The minimum absolute atomic E-state index is 0.175. The molecular weight excluding hydrogens is 346 g/mol. The molecule has 2 heterocycles. The van der Waals surface area contributed by atoms with E-state index in [9.17, 15) is 0 Å². The topological polar surface area (TPSA) is 42.8 Å². The first-order valence-electron chi connectivity index (χ1n) is 9.49. The molecular formula is C24H21N3O. The standard InChI is InChI=1S/C24H21N3O/c1-16(2)28-21-7-3-17(4-8-21)18-5-9-23-24(14-18)27(15-26-23)20-6-10-22-19(13-20)11-12-25-22/h3-16,25H,1-2H3. The highest BCUT2D eigenvalue weighted by Gasteiger charge is 2.08. The van der Waals surface area contributed by atoms with Crippen LogP contribution in [0.3, 0.4) is 0 Å². The van der Waals surface area contributed by atoms with Gasteiger partial charge < -0.3 is 9.72 Å². The van der Waals surface area contributed by atoms with Crippen molar-refractivity contribution < 1.29 is 4.74 Å². The largest absolute Gasteiger partial charge is 0.491 e. The smallest absolute Gasteiger partial charge is 0.119 e. The highest BCUT2D eigenvalue weighted by molar-refractivity contribution is 5.86. The van der Waals surface area contributed by atoms with Gasteiger partial charge in [0, 0.05) is 22.8 Å². The van der Waals surface area contributed by atoms with E-state index in [0.717, 1.165) is 39.1 Å². The van der Waals surface area contributed by atoms with E-state index in [2.05, 4.69) is 69.1 Å². The number of ether oxygens (including phenoxy) is 1. The maximum absolute atomic E-state index is 5.75. The average Bonchev–Trinajstić information content (AvgIpc) is 3.33. The second-order valence-corrected chi connectivity index (χ2v) is 7.26. The predicted octanol–water partition coefficient (Wildman–Crippen LogP) is 5.96. The van der Waals surface area contributed by atoms with Crippen LogP contribution in [0.5, 0.6) is 5.75 Å². The van der Waals surface area contributed by atoms with Gasteiger partial charge in [0.15, 0.2) is 0 Å². The van der Waals surface area contributed by atoms with Crippen LogP contribution in [0.4, 0.5) is 0 Å². The van der Waals surface area contributed by atoms with Gasteiger partial charge in [-0.25, -0.2) is 4.98 Å². The second-order valence-electron chi connectivity index (χ2n) is 7.26. The van der Waals surface area contributed by atoms with Gasteiger partial charge >= 0.3 is 0 Å². The Kier molecular flexibility index (Phi) is 3.90. The van der Waals surface area contributed by atoms with Crippen LogP contribution in [0.1, 0.15) is 13.8 Å². The van der Waals surface area contributed by atoms with Gasteiger partial charge in [-0.15, -0.1) is 0 Å². The lowest BCUT2D eigenvalue weighted by Gasteiger charge is -2.10. The fraction of sp³-hybridized carbons (Fsp3) is 0.125. The van der Waals surface area contributed by atoms with Gasteiger partial charge in [0.2, 0.25) is 0 Å². The van der Waals surface area contributed by atoms with Crippen molar-refractivity contribution in [1.82, 2.24) is 14.5 Å². The number of fused-ring (bicyclic) bond motifs is 2. The Morgan fingerprint density at radius 3 is 2.54 bits per heavy atom. The number of aromatic nitrogens is 3. The number of H-pyrrole nitrogens is 1. The summed E-state index contributed by atoms with van der Waals surface area (Å²) in [5.74, 6) is 0.893. The van der Waals surface area contributed by atoms with Gasteiger partial charge in [-0.1, -0.05) is 18.2 Å². The van der Waals surface area contributed by atoms with E-state index in [1.165, 1.54) is 5.39 Å². The maximum Gasteiger partial charge on any atom is 0.119 e. The summed E-state index contributed by atoms with van der Waals surface area (Å²) in [6.07, 6.45) is 4.03. The number of aromatic amines is 1. The number of nitrogens with one attached hydrogen (secondary N) is 1. The molecule has 0 saturated heterocycles. The molecule has 28 heavy (non-hydrogen) atoms. The van der Waals surface area contributed by atoms with Gasteiger partial charge in [-0.3, -0.25) is 4.57 Å². The zero-order chi connectivity index (χ0) is 19.1. The molecule has 2 aromatic heterocycles. The number of imidazole rings is 1. The SMILES string of the molecule is CC(C)Oc1ccc(-c2ccc3ncn(-c4ccc5[nH]ccc5c4)c3c2)cc1. The minimum Gasteiger partial charge on any atom is -0.491 e. The van der Waals surface area contributed by atoms with E-state index >= 15 is 0 Å². The second kappa shape index (κ2) is 6.57. The fourth-order valence-corrected chi connectivity index (χ4v) is 3.58. The lowest BCUT2D eigenvalue weighted by molar-refractivity contribution is 0.242. The molecule has 0 amide bonds. The number of benzene rings is 3. The molecule has 4 nitrogen and oxygen atoms in total. The molecule has 0 bridgehead atoms. The molecule has 0 atom stereocenters. The first-order valence-corrected chi connectivity index (χ1v) is 9.49. The lowest BCUT2D eigenvalue weighted by Crippen LogP contribution is -2.05. The van der Waals surface area contributed by atoms with Gasteiger partial charge in [-0.05, 0) is 73.5 Å². The van der Waals surface area contributed by atoms with Gasteiger partial charge in [0.05, 0.1) is 17.1 Å². The van der Waals surface area contributed by atoms with Crippen LogP contribution in [0, 0.1) is 0 Å². The summed E-state index contributed by atoms with van der Waals surface area (Å²) >= 11 is 0. The lowest BCUT2D eigenvalue weighted by atomic mass is 10.0. The van der Waals surface area contributed by atoms with Crippen LogP contribution in [-0.2, 0) is 0 Å². The summed E-state index contributed by atoms with van der Waals surface area (Å²) in [6, 6.07) is 23.1. The summed E-state index contributed by atoms with van der Waals surface area (Å²) in [4.78, 5) is 7.82. The molecule has 0 saturated carbocycles. The first-order chi connectivity index (χ1) is 13.7. The van der Waals surface area contributed by atoms with Crippen LogP contribution < -0.4 is 4.74 Å². The third kappa shape index (κ3) is 2.93.